The van der Waals surface area contributed by atoms with Crippen molar-refractivity contribution in [2.45, 2.75) is 37.8 Å². The first kappa shape index (κ1) is 6.62. The molecule has 2 nitrogen and oxygen atoms in total. The highest BCUT2D eigenvalue weighted by Crippen LogP contribution is 2.25. The average Bonchev–Trinajstić information content (AvgIpc) is 2.11. The highest BCUT2D eigenvalue weighted by molar-refractivity contribution is 4.98. The van der Waals surface area contributed by atoms with Crippen LogP contribution in [0.2, 0.25) is 0 Å². The van der Waals surface area contributed by atoms with Gasteiger partial charge in [0, 0.05) is 18.1 Å². The highest BCUT2D eigenvalue weighted by atomic mass is 15.1. The van der Waals surface area contributed by atoms with Crippen LogP contribution in [0.25, 0.3) is 0 Å². The second kappa shape index (κ2) is 2.21. The summed E-state index contributed by atoms with van der Waals surface area (Å²) < 4.78 is 0. The van der Waals surface area contributed by atoms with E-state index in [0.29, 0.717) is 5.54 Å². The summed E-state index contributed by atoms with van der Waals surface area (Å²) in [5, 5.41) is 7.12. The molecule has 0 aromatic carbocycles. The van der Waals surface area contributed by atoms with E-state index in [1.165, 1.54) is 25.8 Å². The molecule has 0 aromatic heterocycles. The lowest BCUT2D eigenvalue weighted by molar-refractivity contribution is 0.398. The van der Waals surface area contributed by atoms with Crippen molar-refractivity contribution in [1.29, 1.82) is 0 Å². The van der Waals surface area contributed by atoms with Gasteiger partial charge in [-0.2, -0.15) is 0 Å². The van der Waals surface area contributed by atoms with Crippen LogP contribution in [0.15, 0.2) is 0 Å². The minimum Gasteiger partial charge on any atom is -0.315 e. The van der Waals surface area contributed by atoms with Crippen LogP contribution in [0.4, 0.5) is 0 Å². The zero-order valence-corrected chi connectivity index (χ0v) is 6.61. The van der Waals surface area contributed by atoms with E-state index in [0.717, 1.165) is 12.6 Å². The fourth-order valence-electron chi connectivity index (χ4n) is 2.13. The van der Waals surface area contributed by atoms with E-state index in [-0.39, 0.29) is 0 Å². The Morgan fingerprint density at radius 2 is 2.30 bits per heavy atom. The van der Waals surface area contributed by atoms with Gasteiger partial charge in [0.15, 0.2) is 0 Å². The summed E-state index contributed by atoms with van der Waals surface area (Å²) >= 11 is 0. The largest absolute Gasteiger partial charge is 0.315 e. The maximum Gasteiger partial charge on any atom is 0.0280 e. The summed E-state index contributed by atoms with van der Waals surface area (Å²) in [6.07, 6.45) is 4.05. The van der Waals surface area contributed by atoms with Gasteiger partial charge in [0.25, 0.3) is 0 Å². The standard InChI is InChI=1S/C8H16N2/c1-8-4-2-7(10-8)3-5-9-6-8/h7,9-10H,2-6H2,1H3. The molecule has 0 aliphatic carbocycles. The lowest BCUT2D eigenvalue weighted by Crippen LogP contribution is -2.44. The average molecular weight is 140 g/mol. The molecule has 10 heavy (non-hydrogen) atoms. The molecular formula is C8H16N2. The van der Waals surface area contributed by atoms with Gasteiger partial charge in [-0.25, -0.2) is 0 Å². The first-order valence-electron chi connectivity index (χ1n) is 4.27. The molecule has 2 bridgehead atoms. The molecule has 2 rings (SSSR count). The van der Waals surface area contributed by atoms with Gasteiger partial charge in [-0.3, -0.25) is 0 Å². The maximum atomic E-state index is 3.67. The molecule has 2 N–H and O–H groups in total. The maximum absolute atomic E-state index is 3.67. The lowest BCUT2D eigenvalue weighted by Gasteiger charge is -2.23. The number of hydrogen-bond acceptors (Lipinski definition) is 2. The van der Waals surface area contributed by atoms with E-state index in [1.807, 2.05) is 0 Å². The van der Waals surface area contributed by atoms with Crippen molar-refractivity contribution in [2.24, 2.45) is 0 Å². The summed E-state index contributed by atoms with van der Waals surface area (Å²) in [7, 11) is 0. The predicted molar refractivity (Wildman–Crippen MR) is 42.0 cm³/mol. The van der Waals surface area contributed by atoms with E-state index in [2.05, 4.69) is 17.6 Å². The minimum absolute atomic E-state index is 0.418. The third-order valence-corrected chi connectivity index (χ3v) is 2.78. The second-order valence-electron chi connectivity index (χ2n) is 3.91. The van der Waals surface area contributed by atoms with Gasteiger partial charge in [0.1, 0.15) is 0 Å². The van der Waals surface area contributed by atoms with Crippen LogP contribution in [-0.4, -0.2) is 24.7 Å². The van der Waals surface area contributed by atoms with Gasteiger partial charge >= 0.3 is 0 Å². The quantitative estimate of drug-likeness (QED) is 0.511. The van der Waals surface area contributed by atoms with Crippen molar-refractivity contribution < 1.29 is 0 Å². The van der Waals surface area contributed by atoms with E-state index >= 15 is 0 Å². The van der Waals surface area contributed by atoms with E-state index in [1.54, 1.807) is 0 Å². The topological polar surface area (TPSA) is 24.1 Å². The Bertz CT molecular complexity index is 133. The van der Waals surface area contributed by atoms with Crippen molar-refractivity contribution >= 4 is 0 Å². The Balaban J connectivity index is 2.09. The monoisotopic (exact) mass is 140 g/mol. The molecule has 2 saturated heterocycles. The zero-order chi connectivity index (χ0) is 7.03. The van der Waals surface area contributed by atoms with Crippen LogP contribution in [0.1, 0.15) is 26.2 Å². The molecule has 0 aromatic rings. The first-order valence-corrected chi connectivity index (χ1v) is 4.27. The van der Waals surface area contributed by atoms with Crippen LogP contribution in [0.5, 0.6) is 0 Å². The van der Waals surface area contributed by atoms with Gasteiger partial charge in [0.05, 0.1) is 0 Å². The zero-order valence-electron chi connectivity index (χ0n) is 6.61. The van der Waals surface area contributed by atoms with Crippen molar-refractivity contribution in [1.82, 2.24) is 10.6 Å². The van der Waals surface area contributed by atoms with Crippen LogP contribution < -0.4 is 10.6 Å². The van der Waals surface area contributed by atoms with Gasteiger partial charge in [0.2, 0.25) is 0 Å². The van der Waals surface area contributed by atoms with Crippen LogP contribution in [-0.2, 0) is 0 Å². The van der Waals surface area contributed by atoms with Crippen molar-refractivity contribution in [3.63, 3.8) is 0 Å². The number of nitrogens with one attached hydrogen (secondary N) is 2. The molecule has 2 aliphatic heterocycles. The van der Waals surface area contributed by atoms with Gasteiger partial charge < -0.3 is 10.6 Å². The van der Waals surface area contributed by atoms with Crippen LogP contribution >= 0.6 is 0 Å². The Kier molecular flexibility index (Phi) is 1.46. The molecule has 0 saturated carbocycles. The SMILES string of the molecule is CC12CCC(CCNC1)N2. The number of hydrogen-bond donors (Lipinski definition) is 2. The fourth-order valence-corrected chi connectivity index (χ4v) is 2.13. The van der Waals surface area contributed by atoms with Crippen molar-refractivity contribution in [2.75, 3.05) is 13.1 Å². The molecule has 58 valence electrons. The molecule has 2 heteroatoms. The van der Waals surface area contributed by atoms with Crippen molar-refractivity contribution in [3.8, 4) is 0 Å². The third kappa shape index (κ3) is 1.06. The molecule has 0 radical (unpaired) electrons. The number of fused-ring (bicyclic) bond motifs is 2. The predicted octanol–water partition coefficient (Wildman–Crippen LogP) is 0.490. The Morgan fingerprint density at radius 1 is 1.40 bits per heavy atom. The molecule has 2 aliphatic rings. The summed E-state index contributed by atoms with van der Waals surface area (Å²) in [6, 6.07) is 0.806. The fraction of sp³-hybridized carbons (Fsp3) is 1.00. The Morgan fingerprint density at radius 3 is 3.20 bits per heavy atom. The summed E-state index contributed by atoms with van der Waals surface area (Å²) in [6.45, 7) is 4.68. The summed E-state index contributed by atoms with van der Waals surface area (Å²) in [4.78, 5) is 0. The Hall–Kier alpha value is -0.0800. The lowest BCUT2D eigenvalue weighted by atomic mass is 9.99. The molecule has 0 spiro atoms. The van der Waals surface area contributed by atoms with Gasteiger partial charge in [-0.15, -0.1) is 0 Å². The van der Waals surface area contributed by atoms with E-state index in [9.17, 15) is 0 Å². The highest BCUT2D eigenvalue weighted by Gasteiger charge is 2.35. The molecule has 0 amide bonds. The van der Waals surface area contributed by atoms with Crippen molar-refractivity contribution in [3.05, 3.63) is 0 Å². The molecular weight excluding hydrogens is 124 g/mol. The third-order valence-electron chi connectivity index (χ3n) is 2.78. The molecule has 2 fully saturated rings. The summed E-state index contributed by atoms with van der Waals surface area (Å²) in [5.74, 6) is 0. The van der Waals surface area contributed by atoms with E-state index < -0.39 is 0 Å². The van der Waals surface area contributed by atoms with Crippen LogP contribution in [0, 0.1) is 0 Å². The smallest absolute Gasteiger partial charge is 0.0280 e. The van der Waals surface area contributed by atoms with Crippen LogP contribution in [0.3, 0.4) is 0 Å². The van der Waals surface area contributed by atoms with Gasteiger partial charge in [-0.1, -0.05) is 0 Å². The second-order valence-corrected chi connectivity index (χ2v) is 3.91. The normalized spacial score (nSPS) is 47.1. The summed E-state index contributed by atoms with van der Waals surface area (Å²) in [5.41, 5.74) is 0.418. The molecule has 2 unspecified atom stereocenters. The van der Waals surface area contributed by atoms with Gasteiger partial charge in [-0.05, 0) is 32.7 Å². The molecule has 2 heterocycles. The number of rotatable bonds is 0. The van der Waals surface area contributed by atoms with E-state index in [4.69, 9.17) is 0 Å². The first-order chi connectivity index (χ1) is 4.79. The Labute approximate surface area is 62.4 Å². The molecule has 2 atom stereocenters. The minimum atomic E-state index is 0.418.